The lowest BCUT2D eigenvalue weighted by atomic mass is 10.2. The number of nitrogens with one attached hydrogen (secondary N) is 1. The van der Waals surface area contributed by atoms with Crippen LogP contribution in [0.2, 0.25) is 5.02 Å². The van der Waals surface area contributed by atoms with Crippen LogP contribution < -0.4 is 10.2 Å². The lowest BCUT2D eigenvalue weighted by Crippen LogP contribution is -2.39. The number of benzene rings is 2. The Morgan fingerprint density at radius 1 is 1.07 bits per heavy atom. The summed E-state index contributed by atoms with van der Waals surface area (Å²) >= 11 is 6.00. The monoisotopic (exact) mass is 390 g/mol. The summed E-state index contributed by atoms with van der Waals surface area (Å²) in [5.41, 5.74) is 0.986. The zero-order valence-electron chi connectivity index (χ0n) is 14.9. The van der Waals surface area contributed by atoms with E-state index in [0.29, 0.717) is 16.4 Å². The first kappa shape index (κ1) is 20.3. The van der Waals surface area contributed by atoms with E-state index in [2.05, 4.69) is 5.32 Å². The van der Waals surface area contributed by atoms with Crippen LogP contribution in [0, 0.1) is 10.1 Å². The number of nitro benzene ring substituents is 1. The summed E-state index contributed by atoms with van der Waals surface area (Å²) in [4.78, 5) is 37.6. The first-order valence-corrected chi connectivity index (χ1v) is 8.39. The van der Waals surface area contributed by atoms with Crippen LogP contribution in [0.1, 0.15) is 0 Å². The van der Waals surface area contributed by atoms with Crippen molar-refractivity contribution in [3.8, 4) is 0 Å². The maximum Gasteiger partial charge on any atom is 0.269 e. The van der Waals surface area contributed by atoms with Crippen LogP contribution in [0.5, 0.6) is 0 Å². The Balaban J connectivity index is 1.89. The lowest BCUT2D eigenvalue weighted by molar-refractivity contribution is -0.384. The van der Waals surface area contributed by atoms with Gasteiger partial charge in [0.05, 0.1) is 28.7 Å². The first-order valence-electron chi connectivity index (χ1n) is 8.02. The van der Waals surface area contributed by atoms with Crippen molar-refractivity contribution in [1.29, 1.82) is 0 Å². The molecule has 0 fully saturated rings. The fraction of sp³-hybridized carbons (Fsp3) is 0.222. The van der Waals surface area contributed by atoms with Crippen LogP contribution in [0.25, 0.3) is 0 Å². The van der Waals surface area contributed by atoms with E-state index in [9.17, 15) is 19.7 Å². The Bertz CT molecular complexity index is 842. The molecule has 0 atom stereocenters. The van der Waals surface area contributed by atoms with Crippen molar-refractivity contribution >= 4 is 40.5 Å². The Morgan fingerprint density at radius 2 is 1.70 bits per heavy atom. The number of anilines is 2. The molecule has 2 aromatic rings. The van der Waals surface area contributed by atoms with Gasteiger partial charge in [0.25, 0.3) is 5.69 Å². The molecular weight excluding hydrogens is 372 g/mol. The van der Waals surface area contributed by atoms with Gasteiger partial charge in [0.2, 0.25) is 11.8 Å². The number of hydrogen-bond donors (Lipinski definition) is 1. The van der Waals surface area contributed by atoms with E-state index in [1.165, 1.54) is 29.2 Å². The average molecular weight is 391 g/mol. The van der Waals surface area contributed by atoms with E-state index in [0.717, 1.165) is 0 Å². The fourth-order valence-corrected chi connectivity index (χ4v) is 2.52. The van der Waals surface area contributed by atoms with Gasteiger partial charge in [0.1, 0.15) is 0 Å². The van der Waals surface area contributed by atoms with E-state index < -0.39 is 4.92 Å². The highest BCUT2D eigenvalue weighted by Crippen LogP contribution is 2.20. The molecule has 0 unspecified atom stereocenters. The van der Waals surface area contributed by atoms with E-state index >= 15 is 0 Å². The number of halogens is 1. The number of amides is 2. The summed E-state index contributed by atoms with van der Waals surface area (Å²) in [6.45, 7) is 0.00843. The number of nitrogens with zero attached hydrogens (tertiary/aromatic N) is 3. The normalized spacial score (nSPS) is 10.5. The molecule has 27 heavy (non-hydrogen) atoms. The fourth-order valence-electron chi connectivity index (χ4n) is 2.33. The SMILES string of the molecule is CN(CC(=O)Nc1ccccc1Cl)CC(=O)N(C)c1ccc([N+](=O)[O-])cc1. The number of non-ortho nitro benzene ring substituents is 1. The molecule has 1 N–H and O–H groups in total. The minimum absolute atomic E-state index is 0.00340. The molecule has 2 amide bonds. The highest BCUT2D eigenvalue weighted by molar-refractivity contribution is 6.33. The number of hydrogen-bond acceptors (Lipinski definition) is 5. The van der Waals surface area contributed by atoms with Gasteiger partial charge in [0, 0.05) is 24.9 Å². The van der Waals surface area contributed by atoms with Crippen molar-refractivity contribution in [3.05, 3.63) is 63.7 Å². The van der Waals surface area contributed by atoms with Gasteiger partial charge >= 0.3 is 0 Å². The van der Waals surface area contributed by atoms with Gasteiger partial charge in [-0.15, -0.1) is 0 Å². The highest BCUT2D eigenvalue weighted by Gasteiger charge is 2.16. The third-order valence-corrected chi connectivity index (χ3v) is 4.12. The Labute approximate surface area is 161 Å². The molecule has 0 saturated heterocycles. The van der Waals surface area contributed by atoms with Crippen LogP contribution in [0.15, 0.2) is 48.5 Å². The summed E-state index contributed by atoms with van der Waals surface area (Å²) in [7, 11) is 3.22. The van der Waals surface area contributed by atoms with E-state index in [1.807, 2.05) is 0 Å². The average Bonchev–Trinajstić information content (AvgIpc) is 2.62. The second kappa shape index (κ2) is 9.11. The minimum Gasteiger partial charge on any atom is -0.324 e. The molecule has 0 heterocycles. The van der Waals surface area contributed by atoms with Crippen molar-refractivity contribution in [2.45, 2.75) is 0 Å². The maximum absolute atomic E-state index is 12.4. The third kappa shape index (κ3) is 5.77. The molecule has 2 rings (SSSR count). The van der Waals surface area contributed by atoms with Crippen molar-refractivity contribution in [2.24, 2.45) is 0 Å². The van der Waals surface area contributed by atoms with Gasteiger partial charge in [-0.25, -0.2) is 0 Å². The largest absolute Gasteiger partial charge is 0.324 e. The predicted octanol–water partition coefficient (Wildman–Crippen LogP) is 2.78. The van der Waals surface area contributed by atoms with E-state index in [4.69, 9.17) is 11.6 Å². The highest BCUT2D eigenvalue weighted by atomic mass is 35.5. The second-order valence-electron chi connectivity index (χ2n) is 5.93. The maximum atomic E-state index is 12.4. The lowest BCUT2D eigenvalue weighted by Gasteiger charge is -2.21. The van der Waals surface area contributed by atoms with Crippen LogP contribution in [0.3, 0.4) is 0 Å². The van der Waals surface area contributed by atoms with Gasteiger partial charge in [-0.1, -0.05) is 23.7 Å². The summed E-state index contributed by atoms with van der Waals surface area (Å²) in [6, 6.07) is 12.5. The number of likely N-dealkylation sites (N-methyl/N-ethyl adjacent to an activating group) is 2. The van der Waals surface area contributed by atoms with Crippen molar-refractivity contribution < 1.29 is 14.5 Å². The number of nitro groups is 1. The molecule has 0 aromatic heterocycles. The molecule has 9 heteroatoms. The van der Waals surface area contributed by atoms with Crippen LogP contribution in [-0.4, -0.2) is 48.8 Å². The summed E-state index contributed by atoms with van der Waals surface area (Å²) in [6.07, 6.45) is 0. The number of carbonyl (C=O) groups excluding carboxylic acids is 2. The van der Waals surface area contributed by atoms with Gasteiger partial charge in [-0.2, -0.15) is 0 Å². The molecule has 0 saturated carbocycles. The van der Waals surface area contributed by atoms with E-state index in [-0.39, 0.29) is 30.6 Å². The van der Waals surface area contributed by atoms with Gasteiger partial charge in [-0.05, 0) is 31.3 Å². The Hall–Kier alpha value is -2.97. The zero-order valence-corrected chi connectivity index (χ0v) is 15.6. The van der Waals surface area contributed by atoms with Crippen molar-refractivity contribution in [3.63, 3.8) is 0 Å². The summed E-state index contributed by atoms with van der Waals surface area (Å²) in [5.74, 6) is -0.548. The number of para-hydroxylation sites is 1. The summed E-state index contributed by atoms with van der Waals surface area (Å²) < 4.78 is 0. The standard InChI is InChI=1S/C18H19ClN4O4/c1-21(11-17(24)20-16-6-4-3-5-15(16)19)12-18(25)22(2)13-7-9-14(10-8-13)23(26)27/h3-10H,11-12H2,1-2H3,(H,20,24). The van der Waals surface area contributed by atoms with Gasteiger partial charge in [-0.3, -0.25) is 24.6 Å². The number of rotatable bonds is 7. The van der Waals surface area contributed by atoms with Gasteiger partial charge < -0.3 is 10.2 Å². The quantitative estimate of drug-likeness (QED) is 0.579. The van der Waals surface area contributed by atoms with Crippen LogP contribution >= 0.6 is 11.6 Å². The Morgan fingerprint density at radius 3 is 2.30 bits per heavy atom. The third-order valence-electron chi connectivity index (χ3n) is 3.79. The molecule has 142 valence electrons. The molecule has 0 aliphatic carbocycles. The topological polar surface area (TPSA) is 95.8 Å². The second-order valence-corrected chi connectivity index (χ2v) is 6.33. The molecule has 0 spiro atoms. The number of carbonyl (C=O) groups is 2. The zero-order chi connectivity index (χ0) is 20.0. The molecule has 0 radical (unpaired) electrons. The first-order chi connectivity index (χ1) is 12.8. The van der Waals surface area contributed by atoms with Crippen LogP contribution in [0.4, 0.5) is 17.1 Å². The minimum atomic E-state index is -0.503. The molecule has 2 aromatic carbocycles. The summed E-state index contributed by atoms with van der Waals surface area (Å²) in [5, 5.41) is 13.8. The van der Waals surface area contributed by atoms with Crippen LogP contribution in [-0.2, 0) is 9.59 Å². The molecular formula is C18H19ClN4O4. The predicted molar refractivity (Wildman–Crippen MR) is 104 cm³/mol. The van der Waals surface area contributed by atoms with Crippen molar-refractivity contribution in [2.75, 3.05) is 37.4 Å². The Kier molecular flexibility index (Phi) is 6.86. The smallest absolute Gasteiger partial charge is 0.269 e. The molecule has 0 aliphatic heterocycles. The molecule has 8 nitrogen and oxygen atoms in total. The van der Waals surface area contributed by atoms with Gasteiger partial charge in [0.15, 0.2) is 0 Å². The molecule has 0 aliphatic rings. The molecule has 0 bridgehead atoms. The van der Waals surface area contributed by atoms with E-state index in [1.54, 1.807) is 43.3 Å². The van der Waals surface area contributed by atoms with Crippen molar-refractivity contribution in [1.82, 2.24) is 4.90 Å².